The van der Waals surface area contributed by atoms with Crippen LogP contribution in [0.15, 0.2) is 42.6 Å². The van der Waals surface area contributed by atoms with Crippen LogP contribution in [0.5, 0.6) is 0 Å². The van der Waals surface area contributed by atoms with E-state index in [0.717, 1.165) is 16.6 Å². The predicted molar refractivity (Wildman–Crippen MR) is 141 cm³/mol. The number of hydrogen-bond donors (Lipinski definition) is 1. The molecule has 0 aliphatic rings. The molecule has 8 heteroatoms. The zero-order valence-corrected chi connectivity index (χ0v) is 21.8. The summed E-state index contributed by atoms with van der Waals surface area (Å²) in [6, 6.07) is 9.91. The topological polar surface area (TPSA) is 50.7 Å². The molecule has 178 valence electrons. The van der Waals surface area contributed by atoms with Gasteiger partial charge in [-0.05, 0) is 62.6 Å². The van der Waals surface area contributed by atoms with E-state index >= 15 is 0 Å². The summed E-state index contributed by atoms with van der Waals surface area (Å²) >= 11 is 6.55. The normalized spacial score (nSPS) is 10.9. The lowest BCUT2D eigenvalue weighted by molar-refractivity contribution is 0.624. The van der Waals surface area contributed by atoms with E-state index < -0.39 is 5.82 Å². The largest absolute Gasteiger partial charge is 0.378 e. The molecule has 4 nitrogen and oxygen atoms in total. The fourth-order valence-electron chi connectivity index (χ4n) is 3.52. The number of pyridine rings is 3. The number of halogens is 3. The minimum atomic E-state index is -0.483. The fraction of sp³-hybridized carbons (Fsp3) is 0.269. The van der Waals surface area contributed by atoms with Crippen molar-refractivity contribution in [3.05, 3.63) is 76.1 Å². The van der Waals surface area contributed by atoms with Crippen molar-refractivity contribution in [2.24, 2.45) is 0 Å². The van der Waals surface area contributed by atoms with Gasteiger partial charge in [-0.3, -0.25) is 4.98 Å². The van der Waals surface area contributed by atoms with Gasteiger partial charge in [-0.15, -0.1) is 0 Å². The van der Waals surface area contributed by atoms with Gasteiger partial charge in [0.05, 0.1) is 27.4 Å². The van der Waals surface area contributed by atoms with Crippen molar-refractivity contribution >= 4 is 41.7 Å². The first-order valence-corrected chi connectivity index (χ1v) is 13.6. The van der Waals surface area contributed by atoms with Crippen LogP contribution in [0.4, 0.5) is 14.5 Å². The number of anilines is 1. The summed E-state index contributed by atoms with van der Waals surface area (Å²) in [6.45, 7) is 12.1. The lowest BCUT2D eigenvalue weighted by Gasteiger charge is -2.15. The molecule has 0 saturated carbocycles. The second kappa shape index (κ2) is 11.2. The number of fused-ring (bicyclic) bond motifs is 1. The summed E-state index contributed by atoms with van der Waals surface area (Å²) in [4.78, 5) is 13.4. The van der Waals surface area contributed by atoms with Gasteiger partial charge in [-0.2, -0.15) is 0 Å². The van der Waals surface area contributed by atoms with Gasteiger partial charge in [-0.25, -0.2) is 18.7 Å². The van der Waals surface area contributed by atoms with Crippen molar-refractivity contribution in [2.75, 3.05) is 18.6 Å². The smallest absolute Gasteiger partial charge is 0.151 e. The molecule has 0 radical (unpaired) electrons. The second-order valence-corrected chi connectivity index (χ2v) is 10.5. The molecule has 0 amide bonds. The molecular weight excluding hydrogens is 473 g/mol. The number of nitrogens with one attached hydrogen (secondary N) is 1. The molecular formula is C26H28ClF2N4P. The van der Waals surface area contributed by atoms with Crippen molar-refractivity contribution in [1.82, 2.24) is 15.0 Å². The van der Waals surface area contributed by atoms with Crippen molar-refractivity contribution < 1.29 is 8.78 Å². The van der Waals surface area contributed by atoms with Gasteiger partial charge >= 0.3 is 0 Å². The molecule has 3 heterocycles. The summed E-state index contributed by atoms with van der Waals surface area (Å²) in [5.41, 5.74) is 5.25. The van der Waals surface area contributed by atoms with Gasteiger partial charge in [0.1, 0.15) is 17.0 Å². The van der Waals surface area contributed by atoms with Crippen LogP contribution >= 0.6 is 19.5 Å². The van der Waals surface area contributed by atoms with Crippen LogP contribution in [-0.4, -0.2) is 28.3 Å². The number of rotatable bonds is 5. The molecule has 0 saturated heterocycles. The average molecular weight is 501 g/mol. The van der Waals surface area contributed by atoms with Gasteiger partial charge < -0.3 is 5.32 Å². The standard InChI is InChI=1S/C24H22ClF2N4P.C2H6/c1-13-7-15(9-17(26)8-13)11-29-24-21(25)14(2)30-19-10-18(27)22(31-23(19)24)16-5-6-20(28-12-16)32(3)4;1-2/h5-10,12H,11H2,1-4H3,(H,29,30);1-2H3. The van der Waals surface area contributed by atoms with Crippen LogP contribution in [-0.2, 0) is 6.54 Å². The van der Waals surface area contributed by atoms with Crippen molar-refractivity contribution in [3.63, 3.8) is 0 Å². The monoisotopic (exact) mass is 500 g/mol. The molecule has 34 heavy (non-hydrogen) atoms. The maximum Gasteiger partial charge on any atom is 0.151 e. The van der Waals surface area contributed by atoms with Gasteiger partial charge in [0.25, 0.3) is 0 Å². The zero-order chi connectivity index (χ0) is 25.0. The Kier molecular flexibility index (Phi) is 8.51. The number of benzene rings is 1. The Morgan fingerprint density at radius 1 is 1.00 bits per heavy atom. The highest BCUT2D eigenvalue weighted by molar-refractivity contribution is 7.63. The summed E-state index contributed by atoms with van der Waals surface area (Å²) in [7, 11) is -0.347. The number of aromatic nitrogens is 3. The van der Waals surface area contributed by atoms with E-state index in [1.807, 2.05) is 39.0 Å². The Hall–Kier alpha value is -2.69. The van der Waals surface area contributed by atoms with E-state index in [9.17, 15) is 8.78 Å². The molecule has 3 aromatic heterocycles. The minimum Gasteiger partial charge on any atom is -0.378 e. The highest BCUT2D eigenvalue weighted by Crippen LogP contribution is 2.34. The van der Waals surface area contributed by atoms with Crippen LogP contribution in [0.1, 0.15) is 30.7 Å². The first-order chi connectivity index (χ1) is 16.2. The van der Waals surface area contributed by atoms with Crippen LogP contribution in [0.2, 0.25) is 5.02 Å². The molecule has 0 unspecified atom stereocenters. The van der Waals surface area contributed by atoms with Crippen LogP contribution in [0, 0.1) is 25.5 Å². The molecule has 0 aliphatic carbocycles. The molecule has 4 rings (SSSR count). The molecule has 0 spiro atoms. The molecule has 0 aliphatic heterocycles. The Morgan fingerprint density at radius 2 is 1.74 bits per heavy atom. The Bertz CT molecular complexity index is 1290. The van der Waals surface area contributed by atoms with Crippen LogP contribution in [0.3, 0.4) is 0 Å². The molecule has 1 aromatic carbocycles. The fourth-order valence-corrected chi connectivity index (χ4v) is 4.38. The first kappa shape index (κ1) is 25.9. The van der Waals surface area contributed by atoms with E-state index in [0.29, 0.717) is 39.5 Å². The Balaban J connectivity index is 0.00000158. The number of nitrogens with zero attached hydrogens (tertiary/aromatic N) is 3. The van der Waals surface area contributed by atoms with Gasteiger partial charge in [0.2, 0.25) is 0 Å². The third kappa shape index (κ3) is 5.68. The maximum atomic E-state index is 14.9. The molecule has 0 atom stereocenters. The third-order valence-corrected chi connectivity index (χ3v) is 6.71. The van der Waals surface area contributed by atoms with Crippen LogP contribution < -0.4 is 10.8 Å². The second-order valence-electron chi connectivity index (χ2n) is 7.86. The minimum absolute atomic E-state index is 0.180. The summed E-state index contributed by atoms with van der Waals surface area (Å²) in [5, 5.41) is 3.65. The maximum absolute atomic E-state index is 14.9. The number of hydrogen-bond acceptors (Lipinski definition) is 4. The van der Waals surface area contributed by atoms with E-state index in [-0.39, 0.29) is 19.4 Å². The first-order valence-electron chi connectivity index (χ1n) is 11.0. The Morgan fingerprint density at radius 3 is 2.35 bits per heavy atom. The van der Waals surface area contributed by atoms with E-state index in [2.05, 4.69) is 33.6 Å². The van der Waals surface area contributed by atoms with Crippen molar-refractivity contribution in [1.29, 1.82) is 0 Å². The predicted octanol–water partition coefficient (Wildman–Crippen LogP) is 7.25. The lowest BCUT2D eigenvalue weighted by Crippen LogP contribution is -2.06. The van der Waals surface area contributed by atoms with Gasteiger partial charge in [0, 0.05) is 24.4 Å². The number of aryl methyl sites for hydroxylation is 2. The third-order valence-electron chi connectivity index (χ3n) is 5.07. The summed E-state index contributed by atoms with van der Waals surface area (Å²) in [5.74, 6) is -0.784. The zero-order valence-electron chi connectivity index (χ0n) is 20.2. The SMILES string of the molecule is CC.Cc1cc(F)cc(CNc2c(Cl)c(C)nc3cc(F)c(-c4ccc(P(C)C)nc4)nc23)c1. The summed E-state index contributed by atoms with van der Waals surface area (Å²) in [6.07, 6.45) is 1.64. The highest BCUT2D eigenvalue weighted by atomic mass is 35.5. The van der Waals surface area contributed by atoms with E-state index in [1.165, 1.54) is 18.2 Å². The van der Waals surface area contributed by atoms with Crippen molar-refractivity contribution in [3.8, 4) is 11.3 Å². The quantitative estimate of drug-likeness (QED) is 0.293. The van der Waals surface area contributed by atoms with Crippen molar-refractivity contribution in [2.45, 2.75) is 34.2 Å². The molecule has 4 aromatic rings. The van der Waals surface area contributed by atoms with E-state index in [1.54, 1.807) is 13.1 Å². The molecule has 0 fully saturated rings. The highest BCUT2D eigenvalue weighted by Gasteiger charge is 2.17. The summed E-state index contributed by atoms with van der Waals surface area (Å²) < 4.78 is 28.7. The van der Waals surface area contributed by atoms with Crippen LogP contribution in [0.25, 0.3) is 22.3 Å². The molecule has 1 N–H and O–H groups in total. The molecule has 0 bridgehead atoms. The van der Waals surface area contributed by atoms with E-state index in [4.69, 9.17) is 11.6 Å². The Labute approximate surface area is 205 Å². The average Bonchev–Trinajstić information content (AvgIpc) is 2.80. The lowest BCUT2D eigenvalue weighted by atomic mass is 10.1. The van der Waals surface area contributed by atoms with Gasteiger partial charge in [-0.1, -0.05) is 39.4 Å². The van der Waals surface area contributed by atoms with Gasteiger partial charge in [0.15, 0.2) is 5.82 Å².